The first-order valence-corrected chi connectivity index (χ1v) is 10.4. The fraction of sp³-hybridized carbons (Fsp3) is 0.714. The van der Waals surface area contributed by atoms with Crippen molar-refractivity contribution >= 4 is 17.4 Å². The van der Waals surface area contributed by atoms with Crippen molar-refractivity contribution in [3.8, 4) is 0 Å². The lowest BCUT2D eigenvalue weighted by Crippen LogP contribution is -2.41. The van der Waals surface area contributed by atoms with E-state index in [0.717, 1.165) is 69.7 Å². The highest BCUT2D eigenvalue weighted by Gasteiger charge is 2.31. The fourth-order valence-corrected chi connectivity index (χ4v) is 4.08. The SMILES string of the molecule is CC[C@@H]1C[C@H](C(=O)N2CCC[C@H](Nc3ccc(N(C)C)nc3)CC2)CCO1. The van der Waals surface area contributed by atoms with Crippen LogP contribution >= 0.6 is 0 Å². The molecule has 6 nitrogen and oxygen atoms in total. The number of aromatic nitrogens is 1. The van der Waals surface area contributed by atoms with Crippen LogP contribution in [0.1, 0.15) is 45.4 Å². The Morgan fingerprint density at radius 3 is 2.85 bits per heavy atom. The molecule has 3 atom stereocenters. The van der Waals surface area contributed by atoms with E-state index in [1.165, 1.54) is 0 Å². The number of ether oxygens (including phenoxy) is 1. The van der Waals surface area contributed by atoms with Gasteiger partial charge in [-0.25, -0.2) is 4.98 Å². The summed E-state index contributed by atoms with van der Waals surface area (Å²) in [6, 6.07) is 4.51. The smallest absolute Gasteiger partial charge is 0.225 e. The normalized spacial score (nSPS) is 26.3. The van der Waals surface area contributed by atoms with Crippen LogP contribution in [0.4, 0.5) is 11.5 Å². The maximum absolute atomic E-state index is 13.0. The maximum atomic E-state index is 13.0. The summed E-state index contributed by atoms with van der Waals surface area (Å²) < 4.78 is 5.74. The number of hydrogen-bond donors (Lipinski definition) is 1. The molecular formula is C21H34N4O2. The molecule has 0 unspecified atom stereocenters. The van der Waals surface area contributed by atoms with Crippen molar-refractivity contribution in [1.82, 2.24) is 9.88 Å². The van der Waals surface area contributed by atoms with E-state index >= 15 is 0 Å². The van der Waals surface area contributed by atoms with Gasteiger partial charge in [0.1, 0.15) is 5.82 Å². The highest BCUT2D eigenvalue weighted by atomic mass is 16.5. The molecular weight excluding hydrogens is 340 g/mol. The quantitative estimate of drug-likeness (QED) is 0.858. The predicted octanol–water partition coefficient (Wildman–Crippen LogP) is 3.15. The number of hydrogen-bond acceptors (Lipinski definition) is 5. The number of rotatable bonds is 5. The van der Waals surface area contributed by atoms with Gasteiger partial charge in [-0.2, -0.15) is 0 Å². The summed E-state index contributed by atoms with van der Waals surface area (Å²) in [5.74, 6) is 1.45. The van der Waals surface area contributed by atoms with Crippen molar-refractivity contribution < 1.29 is 9.53 Å². The highest BCUT2D eigenvalue weighted by Crippen LogP contribution is 2.26. The molecule has 2 aliphatic heterocycles. The third-order valence-electron chi connectivity index (χ3n) is 5.79. The van der Waals surface area contributed by atoms with Crippen molar-refractivity contribution in [2.24, 2.45) is 5.92 Å². The van der Waals surface area contributed by atoms with E-state index in [4.69, 9.17) is 4.74 Å². The summed E-state index contributed by atoms with van der Waals surface area (Å²) in [6.07, 6.45) is 8.03. The van der Waals surface area contributed by atoms with Gasteiger partial charge in [-0.1, -0.05) is 6.92 Å². The molecule has 1 amide bonds. The molecule has 1 aromatic heterocycles. The molecule has 0 aromatic carbocycles. The van der Waals surface area contributed by atoms with Crippen molar-refractivity contribution in [2.75, 3.05) is 44.0 Å². The molecule has 27 heavy (non-hydrogen) atoms. The summed E-state index contributed by atoms with van der Waals surface area (Å²) in [7, 11) is 3.99. The molecule has 2 fully saturated rings. The first kappa shape index (κ1) is 19.9. The second-order valence-corrected chi connectivity index (χ2v) is 8.02. The number of anilines is 2. The van der Waals surface area contributed by atoms with Crippen molar-refractivity contribution in [3.05, 3.63) is 18.3 Å². The molecule has 0 spiro atoms. The summed E-state index contributed by atoms with van der Waals surface area (Å²) in [4.78, 5) is 21.5. The van der Waals surface area contributed by atoms with Crippen molar-refractivity contribution in [2.45, 2.75) is 57.6 Å². The molecule has 0 bridgehead atoms. The highest BCUT2D eigenvalue weighted by molar-refractivity contribution is 5.79. The number of carbonyl (C=O) groups is 1. The predicted molar refractivity (Wildman–Crippen MR) is 109 cm³/mol. The average Bonchev–Trinajstić information content (AvgIpc) is 2.93. The fourth-order valence-electron chi connectivity index (χ4n) is 4.08. The minimum atomic E-state index is 0.149. The third-order valence-corrected chi connectivity index (χ3v) is 5.79. The topological polar surface area (TPSA) is 57.7 Å². The number of pyridine rings is 1. The van der Waals surface area contributed by atoms with Crippen LogP contribution in [0, 0.1) is 5.92 Å². The molecule has 2 saturated heterocycles. The molecule has 3 rings (SSSR count). The molecule has 0 saturated carbocycles. The summed E-state index contributed by atoms with van der Waals surface area (Å²) in [5.41, 5.74) is 1.06. The zero-order chi connectivity index (χ0) is 19.2. The van der Waals surface area contributed by atoms with Crippen LogP contribution in [-0.2, 0) is 9.53 Å². The molecule has 0 aliphatic carbocycles. The number of carbonyl (C=O) groups excluding carboxylic acids is 1. The molecule has 3 heterocycles. The Morgan fingerprint density at radius 1 is 1.30 bits per heavy atom. The molecule has 150 valence electrons. The Balaban J connectivity index is 1.51. The van der Waals surface area contributed by atoms with Gasteiger partial charge in [0.25, 0.3) is 0 Å². The number of likely N-dealkylation sites (tertiary alicyclic amines) is 1. The standard InChI is InChI=1S/C21H34N4O2/c1-4-19-14-16(10-13-27-19)21(26)25-11-5-6-17(9-12-25)23-18-7-8-20(22-15-18)24(2)3/h7-8,15-17,19,23H,4-6,9-14H2,1-3H3/t16-,17+,19-/m1/s1. The van der Waals surface area contributed by atoms with Gasteiger partial charge in [-0.05, 0) is 50.7 Å². The van der Waals surface area contributed by atoms with Crippen LogP contribution in [0.25, 0.3) is 0 Å². The lowest BCUT2D eigenvalue weighted by molar-refractivity contribution is -0.140. The number of amides is 1. The average molecular weight is 375 g/mol. The van der Waals surface area contributed by atoms with E-state index in [2.05, 4.69) is 28.2 Å². The first-order chi connectivity index (χ1) is 13.1. The second kappa shape index (κ2) is 9.40. The van der Waals surface area contributed by atoms with Crippen LogP contribution in [0.15, 0.2) is 18.3 Å². The van der Waals surface area contributed by atoms with Gasteiger partial charge >= 0.3 is 0 Å². The van der Waals surface area contributed by atoms with Crippen LogP contribution < -0.4 is 10.2 Å². The largest absolute Gasteiger partial charge is 0.381 e. The van der Waals surface area contributed by atoms with E-state index in [1.54, 1.807) is 0 Å². The lowest BCUT2D eigenvalue weighted by atomic mass is 9.93. The minimum Gasteiger partial charge on any atom is -0.381 e. The van der Waals surface area contributed by atoms with Gasteiger partial charge in [0.05, 0.1) is 18.0 Å². The van der Waals surface area contributed by atoms with Gasteiger partial charge in [-0.3, -0.25) is 4.79 Å². The van der Waals surface area contributed by atoms with E-state index < -0.39 is 0 Å². The van der Waals surface area contributed by atoms with Crippen molar-refractivity contribution in [1.29, 1.82) is 0 Å². The van der Waals surface area contributed by atoms with E-state index in [9.17, 15) is 4.79 Å². The van der Waals surface area contributed by atoms with Crippen LogP contribution in [0.3, 0.4) is 0 Å². The van der Waals surface area contributed by atoms with Gasteiger partial charge in [0.2, 0.25) is 5.91 Å². The first-order valence-electron chi connectivity index (χ1n) is 10.4. The molecule has 0 radical (unpaired) electrons. The molecule has 1 N–H and O–H groups in total. The number of nitrogens with zero attached hydrogens (tertiary/aromatic N) is 3. The van der Waals surface area contributed by atoms with Crippen LogP contribution in [0.2, 0.25) is 0 Å². The molecule has 1 aromatic rings. The van der Waals surface area contributed by atoms with Crippen molar-refractivity contribution in [3.63, 3.8) is 0 Å². The Hall–Kier alpha value is -1.82. The Labute approximate surface area is 163 Å². The van der Waals surface area contributed by atoms with Gasteiger partial charge in [0, 0.05) is 45.8 Å². The third kappa shape index (κ3) is 5.34. The second-order valence-electron chi connectivity index (χ2n) is 8.02. The molecule has 2 aliphatic rings. The van der Waals surface area contributed by atoms with E-state index in [0.29, 0.717) is 11.9 Å². The van der Waals surface area contributed by atoms with E-state index in [1.807, 2.05) is 31.3 Å². The van der Waals surface area contributed by atoms with Gasteiger partial charge in [0.15, 0.2) is 0 Å². The minimum absolute atomic E-state index is 0.149. The van der Waals surface area contributed by atoms with Crippen LogP contribution in [0.5, 0.6) is 0 Å². The summed E-state index contributed by atoms with van der Waals surface area (Å²) in [5, 5.41) is 3.60. The number of nitrogens with one attached hydrogen (secondary N) is 1. The Bertz CT molecular complexity index is 605. The van der Waals surface area contributed by atoms with Crippen LogP contribution in [-0.4, -0.2) is 61.7 Å². The zero-order valence-corrected chi connectivity index (χ0v) is 17.0. The summed E-state index contributed by atoms with van der Waals surface area (Å²) in [6.45, 7) is 4.58. The van der Waals surface area contributed by atoms with E-state index in [-0.39, 0.29) is 12.0 Å². The van der Waals surface area contributed by atoms with Gasteiger partial charge < -0.3 is 19.9 Å². The maximum Gasteiger partial charge on any atom is 0.225 e. The zero-order valence-electron chi connectivity index (χ0n) is 17.0. The lowest BCUT2D eigenvalue weighted by Gasteiger charge is -2.32. The Kier molecular flexibility index (Phi) is 6.94. The van der Waals surface area contributed by atoms with Gasteiger partial charge in [-0.15, -0.1) is 0 Å². The monoisotopic (exact) mass is 374 g/mol. The molecule has 6 heteroatoms. The summed E-state index contributed by atoms with van der Waals surface area (Å²) >= 11 is 0. The Morgan fingerprint density at radius 2 is 2.15 bits per heavy atom.